The SMILES string of the molecule is CC.CC.CC.CC.CC(C)C.CC(C)C.CC(C)C.CC(C)C.c1ccc2ncccc2c1.c1ccc2nccnc2c1.c1ccc2ncncc2c1.c1cnc2ncccc2c1. The number of benzene rings is 3. The molecule has 8 aromatic rings. The number of aromatic nitrogens is 7. The van der Waals surface area contributed by atoms with E-state index in [0.29, 0.717) is 0 Å². The van der Waals surface area contributed by atoms with E-state index in [1.807, 2.05) is 165 Å². The molecule has 3 aromatic carbocycles. The maximum Gasteiger partial charge on any atom is 0.159 e. The van der Waals surface area contributed by atoms with Gasteiger partial charge >= 0.3 is 0 Å². The molecule has 0 N–H and O–H groups in total. The second-order valence-corrected chi connectivity index (χ2v) is 15.3. The van der Waals surface area contributed by atoms with Crippen LogP contribution in [-0.4, -0.2) is 34.9 Å². The summed E-state index contributed by atoms with van der Waals surface area (Å²) < 4.78 is 0. The van der Waals surface area contributed by atoms with Gasteiger partial charge in [-0.25, -0.2) is 19.9 Å². The van der Waals surface area contributed by atoms with E-state index in [1.54, 1.807) is 31.1 Å². The van der Waals surface area contributed by atoms with Crippen LogP contribution in [0.1, 0.15) is 138 Å². The van der Waals surface area contributed by atoms with E-state index in [4.69, 9.17) is 0 Å². The van der Waals surface area contributed by atoms with Gasteiger partial charge < -0.3 is 0 Å². The van der Waals surface area contributed by atoms with Crippen molar-refractivity contribution in [2.24, 2.45) is 23.7 Å². The molecule has 0 saturated heterocycles. The summed E-state index contributed by atoms with van der Waals surface area (Å²) in [4.78, 5) is 28.5. The third-order valence-corrected chi connectivity index (χ3v) is 5.68. The topological polar surface area (TPSA) is 90.2 Å². The molecule has 5 heterocycles. The lowest BCUT2D eigenvalue weighted by molar-refractivity contribution is 0.736. The van der Waals surface area contributed by atoms with Gasteiger partial charge in [0.15, 0.2) is 5.65 Å². The lowest BCUT2D eigenvalue weighted by atomic mass is 10.2. The Morgan fingerprint density at radius 1 is 0.281 bits per heavy atom. The molecular formula is C57H89N7. The Kier molecular flexibility index (Phi) is 47.5. The molecule has 352 valence electrons. The van der Waals surface area contributed by atoms with Gasteiger partial charge in [-0.15, -0.1) is 0 Å². The van der Waals surface area contributed by atoms with Crippen LogP contribution in [0, 0.1) is 23.7 Å². The Balaban J connectivity index is -0.000000324. The van der Waals surface area contributed by atoms with Gasteiger partial charge in [-0.3, -0.25) is 15.0 Å². The molecule has 8 rings (SSSR count). The van der Waals surface area contributed by atoms with Gasteiger partial charge in [0, 0.05) is 53.3 Å². The van der Waals surface area contributed by atoms with Crippen LogP contribution in [0.2, 0.25) is 0 Å². The van der Waals surface area contributed by atoms with Crippen molar-refractivity contribution < 1.29 is 0 Å². The number of hydrogen-bond acceptors (Lipinski definition) is 7. The number of pyridine rings is 3. The smallest absolute Gasteiger partial charge is 0.159 e. The summed E-state index contributed by atoms with van der Waals surface area (Å²) in [6.07, 6.45) is 12.1. The number of hydrogen-bond donors (Lipinski definition) is 0. The first-order chi connectivity index (χ1) is 30.8. The average molecular weight is 872 g/mol. The molecule has 0 amide bonds. The molecule has 5 aromatic heterocycles. The molecule has 0 fully saturated rings. The Morgan fingerprint density at radius 2 is 0.562 bits per heavy atom. The summed E-state index contributed by atoms with van der Waals surface area (Å²) in [6.45, 7) is 42.0. The first-order valence-electron chi connectivity index (χ1n) is 23.6. The van der Waals surface area contributed by atoms with Crippen LogP contribution in [0.25, 0.3) is 43.9 Å². The average Bonchev–Trinajstić information content (AvgIpc) is 3.32. The number of nitrogens with zero attached hydrogens (tertiary/aromatic N) is 7. The minimum Gasteiger partial charge on any atom is -0.256 e. The highest BCUT2D eigenvalue weighted by Gasteiger charge is 1.90. The minimum atomic E-state index is 0.810. The molecule has 0 aliphatic heterocycles. The quantitative estimate of drug-likeness (QED) is 0.150. The highest BCUT2D eigenvalue weighted by molar-refractivity contribution is 5.78. The van der Waals surface area contributed by atoms with Crippen molar-refractivity contribution in [2.45, 2.75) is 138 Å². The molecule has 0 unspecified atom stereocenters. The first kappa shape index (κ1) is 64.9. The first-order valence-corrected chi connectivity index (χ1v) is 23.6. The maximum atomic E-state index is 4.18. The van der Waals surface area contributed by atoms with Crippen molar-refractivity contribution in [3.8, 4) is 0 Å². The van der Waals surface area contributed by atoms with Crippen LogP contribution in [-0.2, 0) is 0 Å². The predicted octanol–water partition coefficient (Wildman–Crippen LogP) is 17.9. The Morgan fingerprint density at radius 3 is 0.922 bits per heavy atom. The van der Waals surface area contributed by atoms with Crippen molar-refractivity contribution >= 4 is 43.9 Å². The van der Waals surface area contributed by atoms with Gasteiger partial charge in [0.05, 0.1) is 22.1 Å². The number of fused-ring (bicyclic) bond motifs is 4. The summed E-state index contributed by atoms with van der Waals surface area (Å²) in [5, 5.41) is 3.38. The summed E-state index contributed by atoms with van der Waals surface area (Å²) in [6, 6.07) is 35.6. The van der Waals surface area contributed by atoms with Crippen molar-refractivity contribution in [1.82, 2.24) is 34.9 Å². The lowest BCUT2D eigenvalue weighted by Gasteiger charge is -1.91. The number of rotatable bonds is 0. The summed E-state index contributed by atoms with van der Waals surface area (Å²) >= 11 is 0. The van der Waals surface area contributed by atoms with Crippen LogP contribution in [0.5, 0.6) is 0 Å². The monoisotopic (exact) mass is 872 g/mol. The second-order valence-electron chi connectivity index (χ2n) is 15.3. The van der Waals surface area contributed by atoms with Crippen molar-refractivity contribution in [3.05, 3.63) is 153 Å². The molecule has 7 heteroatoms. The Labute approximate surface area is 392 Å². The van der Waals surface area contributed by atoms with Gasteiger partial charge in [-0.2, -0.15) is 0 Å². The van der Waals surface area contributed by atoms with E-state index in [9.17, 15) is 0 Å². The van der Waals surface area contributed by atoms with E-state index in [0.717, 1.165) is 62.2 Å². The summed E-state index contributed by atoms with van der Waals surface area (Å²) in [5.41, 5.74) is 4.77. The largest absolute Gasteiger partial charge is 0.256 e. The summed E-state index contributed by atoms with van der Waals surface area (Å²) in [5.74, 6) is 3.33. The molecule has 0 aliphatic rings. The molecule has 0 spiro atoms. The Bertz CT molecular complexity index is 1570. The van der Waals surface area contributed by atoms with Crippen LogP contribution >= 0.6 is 0 Å². The second kappa shape index (κ2) is 46.8. The van der Waals surface area contributed by atoms with Crippen molar-refractivity contribution in [3.63, 3.8) is 0 Å². The third-order valence-electron chi connectivity index (χ3n) is 5.68. The van der Waals surface area contributed by atoms with Crippen LogP contribution < -0.4 is 0 Å². The molecule has 7 nitrogen and oxygen atoms in total. The standard InChI is InChI=1S/C9H7N.3C8H6N2.4C4H10.4C2H6/c1-2-6-9-8(4-1)5-3-7-10-9;1-3-7-4-2-6-10-8(7)9-5-1;1-2-4-8-7(3-1)5-9-6-10-8;1-2-4-8-7(3-1)9-5-6-10-8;4*1-4(2)3;4*1-2/h1-7H;3*1-6H;4*4H,1-3H3;4*1-2H3. The van der Waals surface area contributed by atoms with Gasteiger partial charge in [0.1, 0.15) is 6.33 Å². The molecule has 0 aliphatic carbocycles. The normalized spacial score (nSPS) is 8.88. The molecule has 0 atom stereocenters. The predicted molar refractivity (Wildman–Crippen MR) is 288 cm³/mol. The van der Waals surface area contributed by atoms with E-state index in [2.05, 4.69) is 130 Å². The van der Waals surface area contributed by atoms with Crippen LogP contribution in [0.15, 0.2) is 153 Å². The van der Waals surface area contributed by atoms with Crippen LogP contribution in [0.4, 0.5) is 0 Å². The zero-order chi connectivity index (χ0) is 49.6. The Hall–Kier alpha value is -5.69. The lowest BCUT2D eigenvalue weighted by Crippen LogP contribution is -1.78. The highest BCUT2D eigenvalue weighted by Crippen LogP contribution is 2.09. The number of para-hydroxylation sites is 4. The molecular weight excluding hydrogens is 783 g/mol. The van der Waals surface area contributed by atoms with E-state index in [-0.39, 0.29) is 0 Å². The van der Waals surface area contributed by atoms with Crippen molar-refractivity contribution in [2.75, 3.05) is 0 Å². The van der Waals surface area contributed by atoms with E-state index >= 15 is 0 Å². The fourth-order valence-corrected chi connectivity index (χ4v) is 3.76. The highest BCUT2D eigenvalue weighted by atomic mass is 14.8. The van der Waals surface area contributed by atoms with Gasteiger partial charge in [-0.05, 0) is 78.3 Å². The van der Waals surface area contributed by atoms with E-state index < -0.39 is 0 Å². The zero-order valence-corrected chi connectivity index (χ0v) is 43.9. The van der Waals surface area contributed by atoms with Gasteiger partial charge in [0.25, 0.3) is 0 Å². The molecule has 0 saturated carbocycles. The molecule has 0 bridgehead atoms. The zero-order valence-electron chi connectivity index (χ0n) is 43.9. The van der Waals surface area contributed by atoms with Gasteiger partial charge in [-0.1, -0.05) is 193 Å². The fraction of sp³-hybridized carbons (Fsp3) is 0.421. The van der Waals surface area contributed by atoms with Gasteiger partial charge in [0.2, 0.25) is 0 Å². The van der Waals surface area contributed by atoms with Crippen LogP contribution in [0.3, 0.4) is 0 Å². The van der Waals surface area contributed by atoms with E-state index in [1.165, 1.54) is 5.39 Å². The summed E-state index contributed by atoms with van der Waals surface area (Å²) in [7, 11) is 0. The molecule has 64 heavy (non-hydrogen) atoms. The maximum absolute atomic E-state index is 4.18. The fourth-order valence-electron chi connectivity index (χ4n) is 3.76. The van der Waals surface area contributed by atoms with Crippen molar-refractivity contribution in [1.29, 1.82) is 0 Å². The minimum absolute atomic E-state index is 0.810. The molecule has 0 radical (unpaired) electrons. The third kappa shape index (κ3) is 39.2.